The van der Waals surface area contributed by atoms with Crippen molar-refractivity contribution >= 4 is 14.1 Å². The Labute approximate surface area is 173 Å². The summed E-state index contributed by atoms with van der Waals surface area (Å²) in [7, 11) is -1.76. The summed E-state index contributed by atoms with van der Waals surface area (Å²) in [6.45, 7) is 16.9. The van der Waals surface area contributed by atoms with Crippen molar-refractivity contribution in [3.05, 3.63) is 23.8 Å². The first-order valence-electron chi connectivity index (χ1n) is 11.5. The number of hydrogen-bond donors (Lipinski definition) is 0. The van der Waals surface area contributed by atoms with Crippen LogP contribution in [0.25, 0.3) is 0 Å². The maximum Gasteiger partial charge on any atom is 0.192 e. The summed E-state index contributed by atoms with van der Waals surface area (Å²) in [6.07, 6.45) is 12.8. The highest BCUT2D eigenvalue weighted by Gasteiger charge is 2.59. The lowest BCUT2D eigenvalue weighted by Crippen LogP contribution is -2.53. The van der Waals surface area contributed by atoms with E-state index >= 15 is 0 Å². The van der Waals surface area contributed by atoms with E-state index in [0.29, 0.717) is 41.0 Å². The molecule has 4 rings (SSSR count). The highest BCUT2D eigenvalue weighted by atomic mass is 28.4. The van der Waals surface area contributed by atoms with Gasteiger partial charge in [-0.2, -0.15) is 0 Å². The molecule has 0 amide bonds. The monoisotopic (exact) mass is 400 g/mol. The summed E-state index contributed by atoms with van der Waals surface area (Å²) < 4.78 is 7.04. The molecule has 4 aliphatic rings. The second-order valence-corrected chi connectivity index (χ2v) is 16.8. The van der Waals surface area contributed by atoms with Crippen LogP contribution in [0.3, 0.4) is 0 Å². The van der Waals surface area contributed by atoms with Gasteiger partial charge < -0.3 is 4.43 Å². The highest BCUT2D eigenvalue weighted by molar-refractivity contribution is 6.74. The molecule has 0 saturated heterocycles. The summed E-state index contributed by atoms with van der Waals surface area (Å²) in [6, 6.07) is 0. The largest absolute Gasteiger partial charge is 0.413 e. The van der Waals surface area contributed by atoms with Crippen LogP contribution in [0, 0.1) is 35.0 Å². The van der Waals surface area contributed by atoms with Crippen LogP contribution in [0.15, 0.2) is 23.8 Å². The minimum atomic E-state index is -1.76. The first-order valence-corrected chi connectivity index (χ1v) is 14.5. The number of carbonyl (C=O) groups excluding carboxylic acids is 1. The topological polar surface area (TPSA) is 26.3 Å². The van der Waals surface area contributed by atoms with Crippen molar-refractivity contribution in [2.45, 2.75) is 91.0 Å². The maximum absolute atomic E-state index is 11.9. The molecule has 4 aliphatic carbocycles. The fraction of sp³-hybridized carbons (Fsp3) is 0.800. The third-order valence-corrected chi connectivity index (χ3v) is 13.8. The van der Waals surface area contributed by atoms with E-state index < -0.39 is 8.32 Å². The molecule has 0 spiro atoms. The van der Waals surface area contributed by atoms with E-state index in [1.165, 1.54) is 24.8 Å². The number of rotatable bonds is 2. The van der Waals surface area contributed by atoms with Gasteiger partial charge in [-0.15, -0.1) is 0 Å². The minimum absolute atomic E-state index is 0.267. The summed E-state index contributed by atoms with van der Waals surface area (Å²) in [4.78, 5) is 11.9. The fourth-order valence-corrected chi connectivity index (χ4v) is 8.36. The Bertz CT molecular complexity index is 713. The summed E-state index contributed by atoms with van der Waals surface area (Å²) in [5.74, 6) is 3.74. The van der Waals surface area contributed by atoms with Crippen LogP contribution in [0.5, 0.6) is 0 Å². The fourth-order valence-electron chi connectivity index (χ4n) is 6.91. The van der Waals surface area contributed by atoms with Gasteiger partial charge in [0.25, 0.3) is 0 Å². The lowest BCUT2D eigenvalue weighted by atomic mass is 9.51. The van der Waals surface area contributed by atoms with Gasteiger partial charge in [0.05, 0.1) is 6.10 Å². The Morgan fingerprint density at radius 2 is 1.89 bits per heavy atom. The third kappa shape index (κ3) is 3.12. The molecule has 0 bridgehead atoms. The number of fused-ring (bicyclic) bond motifs is 5. The second kappa shape index (κ2) is 6.67. The number of hydrogen-bond acceptors (Lipinski definition) is 2. The van der Waals surface area contributed by atoms with Crippen molar-refractivity contribution in [2.75, 3.05) is 0 Å². The molecule has 0 heterocycles. The zero-order valence-corrected chi connectivity index (χ0v) is 20.0. The molecule has 0 radical (unpaired) electrons. The average molecular weight is 401 g/mol. The number of ketones is 1. The van der Waals surface area contributed by atoms with E-state index in [1.807, 2.05) is 6.08 Å². The molecule has 0 aromatic carbocycles. The quantitative estimate of drug-likeness (QED) is 0.492. The Kier molecular flexibility index (Phi) is 4.90. The van der Waals surface area contributed by atoms with Gasteiger partial charge in [0.15, 0.2) is 14.1 Å². The van der Waals surface area contributed by atoms with Crippen LogP contribution in [-0.2, 0) is 9.22 Å². The molecule has 0 N–H and O–H groups in total. The normalized spacial score (nSPS) is 43.2. The van der Waals surface area contributed by atoms with Gasteiger partial charge in [0, 0.05) is 6.42 Å². The molecule has 0 aromatic rings. The molecular weight excluding hydrogens is 360 g/mol. The first kappa shape index (κ1) is 20.6. The zero-order valence-electron chi connectivity index (χ0n) is 19.0. The molecular formula is C25H40O2Si. The standard InChI is InChI=1S/C25H40O2Si/c1-16-15-25(5)21(12-13-22(25)27-28(6,7)24(2,3)4)20-10-8-17-14-18(26)9-11-19(17)23(16)20/h8,10,14,16,19-23H,9,11-13,15H2,1-7H3/t16-,19-,20-,21-,22-,23+,25-/m0/s1. The van der Waals surface area contributed by atoms with Gasteiger partial charge in [-0.05, 0) is 90.5 Å². The molecule has 7 atom stereocenters. The molecule has 156 valence electrons. The number of allylic oxidation sites excluding steroid dienone is 4. The number of carbonyl (C=O) groups is 1. The summed E-state index contributed by atoms with van der Waals surface area (Å²) in [5, 5.41) is 0.267. The van der Waals surface area contributed by atoms with Gasteiger partial charge in [-0.3, -0.25) is 4.79 Å². The molecule has 3 heteroatoms. The SMILES string of the molecule is C[C@H]1C[C@]2(C)[C@@H](O[Si](C)(C)C(C)(C)C)CC[C@H]2[C@@H]2C=CC3=CC(=O)CC[C@@H]3[C@H]21. The first-order chi connectivity index (χ1) is 12.9. The van der Waals surface area contributed by atoms with Crippen molar-refractivity contribution < 1.29 is 9.22 Å². The van der Waals surface area contributed by atoms with E-state index in [4.69, 9.17) is 4.43 Å². The van der Waals surface area contributed by atoms with E-state index in [2.05, 4.69) is 59.9 Å². The minimum Gasteiger partial charge on any atom is -0.413 e. The summed E-state index contributed by atoms with van der Waals surface area (Å²) in [5.41, 5.74) is 1.62. The Balaban J connectivity index is 1.62. The van der Waals surface area contributed by atoms with Gasteiger partial charge in [0.2, 0.25) is 0 Å². The van der Waals surface area contributed by atoms with Crippen molar-refractivity contribution in [2.24, 2.45) is 35.0 Å². The van der Waals surface area contributed by atoms with Crippen LogP contribution < -0.4 is 0 Å². The van der Waals surface area contributed by atoms with Crippen LogP contribution >= 0.6 is 0 Å². The van der Waals surface area contributed by atoms with Crippen molar-refractivity contribution in [1.82, 2.24) is 0 Å². The zero-order chi connectivity index (χ0) is 20.5. The van der Waals surface area contributed by atoms with Crippen molar-refractivity contribution in [3.8, 4) is 0 Å². The molecule has 2 saturated carbocycles. The van der Waals surface area contributed by atoms with Crippen LogP contribution in [-0.4, -0.2) is 20.2 Å². The molecule has 2 nitrogen and oxygen atoms in total. The van der Waals surface area contributed by atoms with E-state index in [9.17, 15) is 4.79 Å². The third-order valence-electron chi connectivity index (χ3n) is 9.33. The Morgan fingerprint density at radius 1 is 1.18 bits per heavy atom. The molecule has 0 aromatic heterocycles. The van der Waals surface area contributed by atoms with Crippen LogP contribution in [0.1, 0.15) is 66.7 Å². The van der Waals surface area contributed by atoms with Crippen LogP contribution in [0.2, 0.25) is 18.1 Å². The van der Waals surface area contributed by atoms with Crippen molar-refractivity contribution in [1.29, 1.82) is 0 Å². The Hall–Kier alpha value is -0.673. The van der Waals surface area contributed by atoms with Crippen LogP contribution in [0.4, 0.5) is 0 Å². The van der Waals surface area contributed by atoms with E-state index in [-0.39, 0.29) is 5.04 Å². The predicted molar refractivity (Wildman–Crippen MR) is 119 cm³/mol. The smallest absolute Gasteiger partial charge is 0.192 e. The van der Waals surface area contributed by atoms with Gasteiger partial charge in [-0.1, -0.05) is 46.8 Å². The lowest BCUT2D eigenvalue weighted by molar-refractivity contribution is -0.116. The second-order valence-electron chi connectivity index (χ2n) is 12.0. The van der Waals surface area contributed by atoms with Gasteiger partial charge in [-0.25, -0.2) is 0 Å². The average Bonchev–Trinajstić information content (AvgIpc) is 2.89. The highest BCUT2D eigenvalue weighted by Crippen LogP contribution is 2.63. The Morgan fingerprint density at radius 3 is 2.57 bits per heavy atom. The maximum atomic E-state index is 11.9. The lowest BCUT2D eigenvalue weighted by Gasteiger charge is -2.55. The van der Waals surface area contributed by atoms with Crippen molar-refractivity contribution in [3.63, 3.8) is 0 Å². The van der Waals surface area contributed by atoms with Gasteiger partial charge >= 0.3 is 0 Å². The predicted octanol–water partition coefficient (Wildman–Crippen LogP) is 6.54. The van der Waals surface area contributed by atoms with E-state index in [0.717, 1.165) is 18.8 Å². The molecule has 0 aliphatic heterocycles. The van der Waals surface area contributed by atoms with E-state index in [1.54, 1.807) is 0 Å². The summed E-state index contributed by atoms with van der Waals surface area (Å²) >= 11 is 0. The molecule has 2 fully saturated rings. The molecule has 0 unspecified atom stereocenters. The van der Waals surface area contributed by atoms with Gasteiger partial charge in [0.1, 0.15) is 0 Å². The molecule has 28 heavy (non-hydrogen) atoms.